The van der Waals surface area contributed by atoms with Crippen LogP contribution in [0.3, 0.4) is 0 Å². The molecule has 0 bridgehead atoms. The number of rotatable bonds is 4. The van der Waals surface area contributed by atoms with Crippen LogP contribution in [0.15, 0.2) is 36.4 Å². The molecule has 106 valence electrons. The Hall–Kier alpha value is -1.94. The van der Waals surface area contributed by atoms with Crippen LogP contribution >= 0.6 is 0 Å². The van der Waals surface area contributed by atoms with E-state index in [2.05, 4.69) is 5.32 Å². The van der Waals surface area contributed by atoms with Gasteiger partial charge in [0.05, 0.1) is 13.2 Å². The Balaban J connectivity index is 2.52. The van der Waals surface area contributed by atoms with Gasteiger partial charge in [-0.05, 0) is 31.7 Å². The van der Waals surface area contributed by atoms with E-state index in [1.54, 1.807) is 14.2 Å². The second kappa shape index (κ2) is 6.01. The molecule has 1 N–H and O–H groups in total. The van der Waals surface area contributed by atoms with Gasteiger partial charge in [-0.2, -0.15) is 0 Å². The van der Waals surface area contributed by atoms with Crippen molar-refractivity contribution in [2.75, 3.05) is 14.2 Å². The fraction of sp³-hybridized carbons (Fsp3) is 0.250. The van der Waals surface area contributed by atoms with Crippen LogP contribution in [0.25, 0.3) is 0 Å². The van der Waals surface area contributed by atoms with Crippen molar-refractivity contribution in [1.82, 2.24) is 5.32 Å². The highest BCUT2D eigenvalue weighted by atomic mass is 19.1. The zero-order valence-electron chi connectivity index (χ0n) is 11.7. The van der Waals surface area contributed by atoms with Gasteiger partial charge in [0.15, 0.2) is 0 Å². The molecule has 0 aliphatic carbocycles. The lowest BCUT2D eigenvalue weighted by molar-refractivity contribution is 0.404. The smallest absolute Gasteiger partial charge is 0.131 e. The maximum absolute atomic E-state index is 14.0. The quantitative estimate of drug-likeness (QED) is 0.922. The van der Waals surface area contributed by atoms with Crippen molar-refractivity contribution >= 4 is 0 Å². The molecule has 0 aliphatic rings. The van der Waals surface area contributed by atoms with Gasteiger partial charge in [0, 0.05) is 17.2 Å². The number of nitrogens with one attached hydrogen (secondary N) is 1. The molecule has 1 unspecified atom stereocenters. The highest BCUT2D eigenvalue weighted by molar-refractivity contribution is 5.44. The van der Waals surface area contributed by atoms with Crippen molar-refractivity contribution < 1.29 is 13.5 Å². The minimum atomic E-state index is -0.586. The second-order valence-corrected chi connectivity index (χ2v) is 4.63. The molecule has 1 atom stereocenters. The summed E-state index contributed by atoms with van der Waals surface area (Å²) in [5.41, 5.74) is 2.25. The molecule has 4 heteroatoms. The molecule has 0 spiro atoms. The Kier molecular flexibility index (Phi) is 4.35. The molecule has 0 aromatic heterocycles. The Morgan fingerprint density at radius 1 is 1.05 bits per heavy atom. The summed E-state index contributed by atoms with van der Waals surface area (Å²) in [7, 11) is 3.30. The predicted molar refractivity (Wildman–Crippen MR) is 75.0 cm³/mol. The summed E-state index contributed by atoms with van der Waals surface area (Å²) < 4.78 is 32.4. The summed E-state index contributed by atoms with van der Waals surface area (Å²) in [6.07, 6.45) is 0. The normalized spacial score (nSPS) is 12.2. The summed E-state index contributed by atoms with van der Waals surface area (Å²) >= 11 is 0. The van der Waals surface area contributed by atoms with Gasteiger partial charge >= 0.3 is 0 Å². The number of ether oxygens (including phenoxy) is 1. The van der Waals surface area contributed by atoms with E-state index in [1.165, 1.54) is 12.1 Å². The highest BCUT2D eigenvalue weighted by Crippen LogP contribution is 2.32. The van der Waals surface area contributed by atoms with Crippen LogP contribution in [-0.2, 0) is 0 Å². The van der Waals surface area contributed by atoms with Crippen molar-refractivity contribution in [3.8, 4) is 5.75 Å². The Morgan fingerprint density at radius 2 is 1.75 bits per heavy atom. The van der Waals surface area contributed by atoms with Gasteiger partial charge in [0.25, 0.3) is 0 Å². The highest BCUT2D eigenvalue weighted by Gasteiger charge is 2.20. The Bertz CT molecular complexity index is 613. The predicted octanol–water partition coefficient (Wildman–Crippen LogP) is 3.59. The summed E-state index contributed by atoms with van der Waals surface area (Å²) in [5, 5.41) is 3.05. The van der Waals surface area contributed by atoms with E-state index < -0.39 is 17.7 Å². The van der Waals surface area contributed by atoms with Crippen molar-refractivity contribution in [3.63, 3.8) is 0 Å². The first kappa shape index (κ1) is 14.5. The van der Waals surface area contributed by atoms with Crippen LogP contribution in [-0.4, -0.2) is 14.2 Å². The van der Waals surface area contributed by atoms with Crippen molar-refractivity contribution in [2.24, 2.45) is 0 Å². The third-order valence-corrected chi connectivity index (χ3v) is 3.26. The molecule has 0 radical (unpaired) electrons. The number of aryl methyl sites for hydroxylation is 1. The van der Waals surface area contributed by atoms with Gasteiger partial charge in [-0.3, -0.25) is 0 Å². The standard InChI is InChI=1S/C16H17F2NO/c1-10-4-6-13(15(8-10)20-3)16(19-2)12-7-5-11(17)9-14(12)18/h4-9,16,19H,1-3H3. The zero-order valence-corrected chi connectivity index (χ0v) is 11.7. The molecular formula is C16H17F2NO. The molecule has 0 amide bonds. The molecule has 0 saturated heterocycles. The molecule has 2 rings (SSSR count). The number of methoxy groups -OCH3 is 1. The van der Waals surface area contributed by atoms with E-state index in [0.29, 0.717) is 11.3 Å². The first-order valence-electron chi connectivity index (χ1n) is 6.33. The van der Waals surface area contributed by atoms with E-state index in [9.17, 15) is 8.78 Å². The molecular weight excluding hydrogens is 260 g/mol. The molecule has 2 aromatic carbocycles. The lowest BCUT2D eigenvalue weighted by Gasteiger charge is -2.20. The molecule has 2 aromatic rings. The summed E-state index contributed by atoms with van der Waals surface area (Å²) in [6.45, 7) is 1.96. The number of hydrogen-bond donors (Lipinski definition) is 1. The maximum Gasteiger partial charge on any atom is 0.131 e. The molecule has 0 fully saturated rings. The number of halogens is 2. The van der Waals surface area contributed by atoms with E-state index >= 15 is 0 Å². The topological polar surface area (TPSA) is 21.3 Å². The van der Waals surface area contributed by atoms with Gasteiger partial charge < -0.3 is 10.1 Å². The van der Waals surface area contributed by atoms with Gasteiger partial charge in [-0.1, -0.05) is 18.2 Å². The van der Waals surface area contributed by atoms with E-state index in [4.69, 9.17) is 4.74 Å². The second-order valence-electron chi connectivity index (χ2n) is 4.63. The fourth-order valence-corrected chi connectivity index (χ4v) is 2.27. The number of hydrogen-bond acceptors (Lipinski definition) is 2. The van der Waals surface area contributed by atoms with Crippen molar-refractivity contribution in [1.29, 1.82) is 0 Å². The van der Waals surface area contributed by atoms with Crippen LogP contribution in [0, 0.1) is 18.6 Å². The first-order valence-corrected chi connectivity index (χ1v) is 6.33. The minimum Gasteiger partial charge on any atom is -0.496 e. The Labute approximate surface area is 117 Å². The summed E-state index contributed by atoms with van der Waals surface area (Å²) in [6, 6.07) is 8.91. The average molecular weight is 277 g/mol. The molecule has 0 saturated carbocycles. The SMILES string of the molecule is CNC(c1ccc(F)cc1F)c1ccc(C)cc1OC. The van der Waals surface area contributed by atoms with E-state index in [1.807, 2.05) is 25.1 Å². The molecule has 20 heavy (non-hydrogen) atoms. The third kappa shape index (κ3) is 2.80. The summed E-state index contributed by atoms with van der Waals surface area (Å²) in [5.74, 6) is -0.489. The largest absolute Gasteiger partial charge is 0.496 e. The van der Waals surface area contributed by atoms with Gasteiger partial charge in [-0.15, -0.1) is 0 Å². The van der Waals surface area contributed by atoms with E-state index in [0.717, 1.165) is 17.2 Å². The van der Waals surface area contributed by atoms with Gasteiger partial charge in [-0.25, -0.2) is 8.78 Å². The van der Waals surface area contributed by atoms with Crippen LogP contribution < -0.4 is 10.1 Å². The van der Waals surface area contributed by atoms with Gasteiger partial charge in [0.2, 0.25) is 0 Å². The lowest BCUT2D eigenvalue weighted by Crippen LogP contribution is -2.20. The Morgan fingerprint density at radius 3 is 2.35 bits per heavy atom. The average Bonchev–Trinajstić information content (AvgIpc) is 2.43. The fourth-order valence-electron chi connectivity index (χ4n) is 2.27. The van der Waals surface area contributed by atoms with Crippen molar-refractivity contribution in [3.05, 3.63) is 64.7 Å². The lowest BCUT2D eigenvalue weighted by atomic mass is 9.96. The zero-order chi connectivity index (χ0) is 14.7. The van der Waals surface area contributed by atoms with Crippen LogP contribution in [0.4, 0.5) is 8.78 Å². The molecule has 0 heterocycles. The number of benzene rings is 2. The molecule has 2 nitrogen and oxygen atoms in total. The minimum absolute atomic E-state index is 0.385. The molecule has 0 aliphatic heterocycles. The van der Waals surface area contributed by atoms with Gasteiger partial charge in [0.1, 0.15) is 17.4 Å². The summed E-state index contributed by atoms with van der Waals surface area (Å²) in [4.78, 5) is 0. The van der Waals surface area contributed by atoms with E-state index in [-0.39, 0.29) is 0 Å². The van der Waals surface area contributed by atoms with Crippen LogP contribution in [0.2, 0.25) is 0 Å². The first-order chi connectivity index (χ1) is 9.56. The maximum atomic E-state index is 14.0. The van der Waals surface area contributed by atoms with Crippen molar-refractivity contribution in [2.45, 2.75) is 13.0 Å². The van der Waals surface area contributed by atoms with Crippen LogP contribution in [0.5, 0.6) is 5.75 Å². The third-order valence-electron chi connectivity index (χ3n) is 3.26. The van der Waals surface area contributed by atoms with Crippen LogP contribution in [0.1, 0.15) is 22.7 Å². The monoisotopic (exact) mass is 277 g/mol.